The van der Waals surface area contributed by atoms with Crippen molar-refractivity contribution >= 4 is 13.6 Å². The average Bonchev–Trinajstić information content (AvgIpc) is 1.91. The summed E-state index contributed by atoms with van der Waals surface area (Å²) in [5.74, 6) is 0.542. The molecule has 0 spiro atoms. The Balaban J connectivity index is 2.62. The van der Waals surface area contributed by atoms with E-state index in [1.165, 1.54) is 0 Å². The first-order chi connectivity index (χ1) is 3.30. The minimum atomic E-state index is 0.264. The van der Waals surface area contributed by atoms with Crippen molar-refractivity contribution in [2.24, 2.45) is 0 Å². The SMILES string of the molecule is B[C@H]1CC=CC1=O. The van der Waals surface area contributed by atoms with E-state index in [-0.39, 0.29) is 11.6 Å². The summed E-state index contributed by atoms with van der Waals surface area (Å²) in [6, 6.07) is 0. The van der Waals surface area contributed by atoms with Gasteiger partial charge in [0.1, 0.15) is 7.85 Å². The fourth-order valence-corrected chi connectivity index (χ4v) is 0.669. The Morgan fingerprint density at radius 3 is 2.71 bits per heavy atom. The quantitative estimate of drug-likeness (QED) is 0.384. The maximum atomic E-state index is 10.5. The van der Waals surface area contributed by atoms with E-state index in [0.29, 0.717) is 0 Å². The number of ketones is 1. The lowest BCUT2D eigenvalue weighted by Gasteiger charge is -1.91. The van der Waals surface area contributed by atoms with Crippen molar-refractivity contribution in [1.29, 1.82) is 0 Å². The molecule has 0 aromatic heterocycles. The van der Waals surface area contributed by atoms with Crippen LogP contribution in [-0.4, -0.2) is 13.6 Å². The highest BCUT2D eigenvalue weighted by atomic mass is 16.1. The Morgan fingerprint density at radius 1 is 1.86 bits per heavy atom. The third kappa shape index (κ3) is 0.736. The fraction of sp³-hybridized carbons (Fsp3) is 0.400. The second-order valence-electron chi connectivity index (χ2n) is 1.94. The minimum absolute atomic E-state index is 0.264. The molecule has 0 N–H and O–H groups in total. The summed E-state index contributed by atoms with van der Waals surface area (Å²) in [5.41, 5.74) is 0. The summed E-state index contributed by atoms with van der Waals surface area (Å²) in [4.78, 5) is 10.5. The van der Waals surface area contributed by atoms with Gasteiger partial charge in [0.05, 0.1) is 0 Å². The zero-order valence-electron chi connectivity index (χ0n) is 4.35. The van der Waals surface area contributed by atoms with Crippen LogP contribution in [0.15, 0.2) is 12.2 Å². The van der Waals surface area contributed by atoms with Gasteiger partial charge in [-0.1, -0.05) is 6.08 Å². The van der Waals surface area contributed by atoms with Crippen LogP contribution in [0, 0.1) is 0 Å². The van der Waals surface area contributed by atoms with Gasteiger partial charge in [0.15, 0.2) is 5.78 Å². The molecule has 1 rings (SSSR count). The molecule has 0 unspecified atom stereocenters. The van der Waals surface area contributed by atoms with Crippen molar-refractivity contribution in [3.8, 4) is 0 Å². The van der Waals surface area contributed by atoms with Crippen molar-refractivity contribution in [2.45, 2.75) is 12.2 Å². The molecule has 1 atom stereocenters. The summed E-state index contributed by atoms with van der Waals surface area (Å²) in [7, 11) is 1.95. The van der Waals surface area contributed by atoms with Crippen LogP contribution in [0.25, 0.3) is 0 Å². The first-order valence-electron chi connectivity index (χ1n) is 2.51. The molecule has 1 nitrogen and oxygen atoms in total. The predicted molar refractivity (Wildman–Crippen MR) is 31.1 cm³/mol. The van der Waals surface area contributed by atoms with Crippen LogP contribution in [-0.2, 0) is 4.79 Å². The van der Waals surface area contributed by atoms with Crippen molar-refractivity contribution in [1.82, 2.24) is 0 Å². The van der Waals surface area contributed by atoms with Crippen molar-refractivity contribution in [3.05, 3.63) is 12.2 Å². The maximum Gasteiger partial charge on any atom is 0.150 e. The second-order valence-corrected chi connectivity index (χ2v) is 1.94. The Morgan fingerprint density at radius 2 is 2.57 bits per heavy atom. The predicted octanol–water partition coefficient (Wildman–Crippen LogP) is -0.0630. The van der Waals surface area contributed by atoms with Crippen molar-refractivity contribution in [3.63, 3.8) is 0 Å². The van der Waals surface area contributed by atoms with Crippen LogP contribution in [0.3, 0.4) is 0 Å². The Kier molecular flexibility index (Phi) is 1.01. The lowest BCUT2D eigenvalue weighted by Crippen LogP contribution is -1.96. The first kappa shape index (κ1) is 4.63. The van der Waals surface area contributed by atoms with Gasteiger partial charge in [-0.3, -0.25) is 4.79 Å². The Bertz CT molecular complexity index is 117. The van der Waals surface area contributed by atoms with E-state index in [4.69, 9.17) is 0 Å². The Labute approximate surface area is 43.8 Å². The molecule has 0 heterocycles. The van der Waals surface area contributed by atoms with Gasteiger partial charge >= 0.3 is 0 Å². The number of rotatable bonds is 0. The summed E-state index contributed by atoms with van der Waals surface area (Å²) < 4.78 is 0. The van der Waals surface area contributed by atoms with Crippen LogP contribution in [0.4, 0.5) is 0 Å². The normalized spacial score (nSPS) is 29.1. The molecule has 0 aromatic rings. The van der Waals surface area contributed by atoms with E-state index in [0.717, 1.165) is 6.42 Å². The molecule has 7 heavy (non-hydrogen) atoms. The van der Waals surface area contributed by atoms with Crippen molar-refractivity contribution in [2.75, 3.05) is 0 Å². The molecular weight excluding hydrogens is 86.9 g/mol. The van der Waals surface area contributed by atoms with E-state index in [2.05, 4.69) is 0 Å². The minimum Gasteiger partial charge on any atom is -0.295 e. The topological polar surface area (TPSA) is 17.1 Å². The number of hydrogen-bond acceptors (Lipinski definition) is 1. The molecule has 0 aliphatic heterocycles. The summed E-state index contributed by atoms with van der Waals surface area (Å²) in [6.45, 7) is 0. The number of allylic oxidation sites excluding steroid dienone is 2. The van der Waals surface area contributed by atoms with Gasteiger partial charge in [0.25, 0.3) is 0 Å². The molecule has 0 fully saturated rings. The van der Waals surface area contributed by atoms with E-state index in [9.17, 15) is 4.79 Å². The molecule has 0 radical (unpaired) electrons. The van der Waals surface area contributed by atoms with E-state index < -0.39 is 0 Å². The van der Waals surface area contributed by atoms with Gasteiger partial charge < -0.3 is 0 Å². The molecule has 1 aliphatic carbocycles. The number of carbonyl (C=O) groups excluding carboxylic acids is 1. The van der Waals surface area contributed by atoms with Crippen LogP contribution >= 0.6 is 0 Å². The van der Waals surface area contributed by atoms with Gasteiger partial charge in [-0.05, 0) is 18.3 Å². The third-order valence-corrected chi connectivity index (χ3v) is 1.26. The van der Waals surface area contributed by atoms with Gasteiger partial charge in [-0.25, -0.2) is 0 Å². The first-order valence-corrected chi connectivity index (χ1v) is 2.51. The molecule has 36 valence electrons. The monoisotopic (exact) mass is 94.1 g/mol. The summed E-state index contributed by atoms with van der Waals surface area (Å²) >= 11 is 0. The van der Waals surface area contributed by atoms with Crippen LogP contribution in [0.5, 0.6) is 0 Å². The molecule has 0 saturated carbocycles. The summed E-state index contributed by atoms with van der Waals surface area (Å²) in [6.07, 6.45) is 4.52. The number of hydrogen-bond donors (Lipinski definition) is 0. The zero-order valence-corrected chi connectivity index (χ0v) is 4.35. The van der Waals surface area contributed by atoms with Crippen molar-refractivity contribution < 1.29 is 4.79 Å². The van der Waals surface area contributed by atoms with Crippen LogP contribution in [0.1, 0.15) is 6.42 Å². The Hall–Kier alpha value is -0.525. The lowest BCUT2D eigenvalue weighted by atomic mass is 9.85. The molecule has 1 aliphatic rings. The highest BCUT2D eigenvalue weighted by Gasteiger charge is 2.12. The van der Waals surface area contributed by atoms with Gasteiger partial charge in [0, 0.05) is 0 Å². The second kappa shape index (κ2) is 1.53. The summed E-state index contributed by atoms with van der Waals surface area (Å²) in [5, 5.41) is 0. The molecule has 0 saturated heterocycles. The van der Waals surface area contributed by atoms with E-state index in [1.54, 1.807) is 6.08 Å². The average molecular weight is 93.9 g/mol. The molecule has 2 heteroatoms. The molecular formula is C5H7BO. The smallest absolute Gasteiger partial charge is 0.150 e. The molecule has 0 bridgehead atoms. The maximum absolute atomic E-state index is 10.5. The zero-order chi connectivity index (χ0) is 5.28. The highest BCUT2D eigenvalue weighted by molar-refractivity contribution is 6.27. The molecule has 0 amide bonds. The van der Waals surface area contributed by atoms with Crippen LogP contribution < -0.4 is 0 Å². The highest BCUT2D eigenvalue weighted by Crippen LogP contribution is 2.14. The van der Waals surface area contributed by atoms with E-state index in [1.807, 2.05) is 13.9 Å². The standard InChI is InChI=1S/C5H7BO/c6-4-2-1-3-5(4)7/h1,3-4H,2,6H2/t4-/m0/s1. The van der Waals surface area contributed by atoms with Gasteiger partial charge in [-0.15, -0.1) is 0 Å². The van der Waals surface area contributed by atoms with Crippen LogP contribution in [0.2, 0.25) is 5.82 Å². The largest absolute Gasteiger partial charge is 0.295 e. The van der Waals surface area contributed by atoms with Gasteiger partial charge in [0.2, 0.25) is 0 Å². The number of carbonyl (C=O) groups is 1. The molecule has 0 aromatic carbocycles. The lowest BCUT2D eigenvalue weighted by molar-refractivity contribution is -0.113. The fourth-order valence-electron chi connectivity index (χ4n) is 0.669. The van der Waals surface area contributed by atoms with Gasteiger partial charge in [-0.2, -0.15) is 0 Å². The third-order valence-electron chi connectivity index (χ3n) is 1.26. The van der Waals surface area contributed by atoms with E-state index >= 15 is 0 Å².